The van der Waals surface area contributed by atoms with Crippen molar-refractivity contribution in [3.8, 4) is 16.9 Å². The van der Waals surface area contributed by atoms with Gasteiger partial charge in [0.2, 0.25) is 0 Å². The molecule has 1 heterocycles. The number of pyridine rings is 1. The van der Waals surface area contributed by atoms with E-state index in [1.807, 2.05) is 36.4 Å². The van der Waals surface area contributed by atoms with Crippen LogP contribution in [0.1, 0.15) is 27.4 Å². The molecule has 7 heteroatoms. The average Bonchev–Trinajstić information content (AvgIpc) is 3.07. The maximum Gasteiger partial charge on any atom is 0.412 e. The second-order valence-corrected chi connectivity index (χ2v) is 6.53. The molecule has 1 aliphatic carbocycles. The van der Waals surface area contributed by atoms with Gasteiger partial charge in [-0.3, -0.25) is 5.32 Å². The van der Waals surface area contributed by atoms with Crippen molar-refractivity contribution in [3.05, 3.63) is 77.5 Å². The summed E-state index contributed by atoms with van der Waals surface area (Å²) in [7, 11) is 1.22. The maximum absolute atomic E-state index is 12.2. The van der Waals surface area contributed by atoms with Gasteiger partial charge in [0.1, 0.15) is 6.61 Å². The molecule has 1 amide bonds. The zero-order chi connectivity index (χ0) is 20.4. The first kappa shape index (κ1) is 18.5. The van der Waals surface area contributed by atoms with Crippen LogP contribution in [-0.2, 0) is 9.47 Å². The lowest BCUT2D eigenvalue weighted by Crippen LogP contribution is -2.18. The number of esters is 1. The summed E-state index contributed by atoms with van der Waals surface area (Å²) in [5.74, 6) is -1.17. The van der Waals surface area contributed by atoms with Crippen molar-refractivity contribution in [2.75, 3.05) is 19.0 Å². The number of carbonyl (C=O) groups excluding carboxylic acids is 2. The van der Waals surface area contributed by atoms with Gasteiger partial charge in [-0.1, -0.05) is 48.5 Å². The lowest BCUT2D eigenvalue weighted by Gasteiger charge is -2.14. The monoisotopic (exact) mass is 390 g/mol. The van der Waals surface area contributed by atoms with Crippen LogP contribution in [0.25, 0.3) is 11.1 Å². The Bertz CT molecular complexity index is 1050. The van der Waals surface area contributed by atoms with Crippen molar-refractivity contribution in [3.63, 3.8) is 0 Å². The molecule has 2 N–H and O–H groups in total. The number of rotatable bonds is 4. The Hall–Kier alpha value is -3.87. The number of ether oxygens (including phenoxy) is 2. The minimum atomic E-state index is -0.750. The highest BCUT2D eigenvalue weighted by molar-refractivity contribution is 5.91. The molecule has 0 fully saturated rings. The Balaban J connectivity index is 1.46. The molecule has 0 saturated heterocycles. The molecule has 7 nitrogen and oxygen atoms in total. The Morgan fingerprint density at radius 1 is 1.07 bits per heavy atom. The van der Waals surface area contributed by atoms with Crippen LogP contribution in [0.2, 0.25) is 0 Å². The number of fused-ring (bicyclic) bond motifs is 3. The minimum Gasteiger partial charge on any atom is -0.504 e. The number of anilines is 1. The van der Waals surface area contributed by atoms with Crippen LogP contribution in [0.3, 0.4) is 0 Å². The van der Waals surface area contributed by atoms with E-state index in [1.165, 1.54) is 13.3 Å². The Labute approximate surface area is 166 Å². The first-order valence-corrected chi connectivity index (χ1v) is 8.98. The molecule has 2 aromatic carbocycles. The third-order valence-electron chi connectivity index (χ3n) is 4.85. The number of nitrogens with one attached hydrogen (secondary N) is 1. The number of methoxy groups -OCH3 is 1. The summed E-state index contributed by atoms with van der Waals surface area (Å²) in [4.78, 5) is 27.6. The van der Waals surface area contributed by atoms with E-state index in [2.05, 4.69) is 27.2 Å². The number of hydrogen-bond donors (Lipinski definition) is 2. The van der Waals surface area contributed by atoms with Crippen molar-refractivity contribution in [1.29, 1.82) is 0 Å². The van der Waals surface area contributed by atoms with E-state index in [4.69, 9.17) is 4.74 Å². The molecule has 0 bridgehead atoms. The lowest BCUT2D eigenvalue weighted by molar-refractivity contribution is 0.0600. The molecule has 0 atom stereocenters. The SMILES string of the molecule is COC(=O)c1cnc(NC(=O)OCC2c3ccccc3-c3ccccc32)c(O)c1. The summed E-state index contributed by atoms with van der Waals surface area (Å²) >= 11 is 0. The standard InChI is InChI=1S/C22H18N2O5/c1-28-21(26)13-10-19(25)20(23-11-13)24-22(27)29-12-18-16-8-4-2-6-14(16)15-7-3-5-9-17(15)18/h2-11,18,25H,12H2,1H3,(H,23,24,27). The van der Waals surface area contributed by atoms with Crippen LogP contribution < -0.4 is 5.32 Å². The van der Waals surface area contributed by atoms with Crippen LogP contribution in [-0.4, -0.2) is 35.9 Å². The van der Waals surface area contributed by atoms with Gasteiger partial charge in [0.25, 0.3) is 0 Å². The summed E-state index contributed by atoms with van der Waals surface area (Å²) in [5, 5.41) is 12.4. The maximum atomic E-state index is 12.2. The molecule has 4 rings (SSSR count). The molecule has 1 aliphatic rings. The third kappa shape index (κ3) is 3.50. The highest BCUT2D eigenvalue weighted by Crippen LogP contribution is 2.44. The number of aromatic hydroxyl groups is 1. The number of amides is 1. The van der Waals surface area contributed by atoms with Crippen molar-refractivity contribution in [1.82, 2.24) is 4.98 Å². The smallest absolute Gasteiger partial charge is 0.412 e. The molecule has 0 saturated carbocycles. The van der Waals surface area contributed by atoms with Crippen LogP contribution in [0, 0.1) is 0 Å². The first-order chi connectivity index (χ1) is 14.1. The second-order valence-electron chi connectivity index (χ2n) is 6.53. The first-order valence-electron chi connectivity index (χ1n) is 8.98. The summed E-state index contributed by atoms with van der Waals surface area (Å²) in [6, 6.07) is 17.2. The van der Waals surface area contributed by atoms with Gasteiger partial charge < -0.3 is 14.6 Å². The van der Waals surface area contributed by atoms with E-state index >= 15 is 0 Å². The summed E-state index contributed by atoms with van der Waals surface area (Å²) < 4.78 is 9.97. The van der Waals surface area contributed by atoms with Gasteiger partial charge in [-0.2, -0.15) is 0 Å². The Kier molecular flexibility index (Phi) is 4.87. The van der Waals surface area contributed by atoms with Gasteiger partial charge >= 0.3 is 12.1 Å². The van der Waals surface area contributed by atoms with Crippen molar-refractivity contribution in [2.24, 2.45) is 0 Å². The summed E-state index contributed by atoms with van der Waals surface area (Å²) in [6.07, 6.45) is 0.449. The van der Waals surface area contributed by atoms with Crippen molar-refractivity contribution in [2.45, 2.75) is 5.92 Å². The van der Waals surface area contributed by atoms with Gasteiger partial charge in [-0.05, 0) is 28.3 Å². The van der Waals surface area contributed by atoms with Gasteiger partial charge in [0.05, 0.1) is 12.7 Å². The molecule has 0 unspecified atom stereocenters. The molecule has 0 radical (unpaired) electrons. The topological polar surface area (TPSA) is 97.8 Å². The quantitative estimate of drug-likeness (QED) is 0.655. The third-order valence-corrected chi connectivity index (χ3v) is 4.85. The van der Waals surface area contributed by atoms with Gasteiger partial charge in [0, 0.05) is 12.1 Å². The van der Waals surface area contributed by atoms with Gasteiger partial charge in [-0.25, -0.2) is 14.6 Å². The Morgan fingerprint density at radius 3 is 2.28 bits per heavy atom. The molecule has 3 aromatic rings. The fourth-order valence-electron chi connectivity index (χ4n) is 3.51. The van der Waals surface area contributed by atoms with Crippen molar-refractivity contribution >= 4 is 17.9 Å². The summed E-state index contributed by atoms with van der Waals surface area (Å²) in [5.41, 5.74) is 4.54. The molecular formula is C22H18N2O5. The highest BCUT2D eigenvalue weighted by atomic mass is 16.5. The fraction of sp³-hybridized carbons (Fsp3) is 0.136. The molecular weight excluding hydrogens is 372 g/mol. The van der Waals surface area contributed by atoms with E-state index in [9.17, 15) is 14.7 Å². The molecule has 0 spiro atoms. The van der Waals surface area contributed by atoms with Crippen LogP contribution in [0.4, 0.5) is 10.6 Å². The predicted octanol–water partition coefficient (Wildman–Crippen LogP) is 3.93. The lowest BCUT2D eigenvalue weighted by atomic mass is 9.98. The van der Waals surface area contributed by atoms with E-state index in [1.54, 1.807) is 0 Å². The molecule has 0 aliphatic heterocycles. The Morgan fingerprint density at radius 2 is 1.69 bits per heavy atom. The van der Waals surface area contributed by atoms with E-state index < -0.39 is 12.1 Å². The normalized spacial score (nSPS) is 12.0. The predicted molar refractivity (Wildman–Crippen MR) is 106 cm³/mol. The van der Waals surface area contributed by atoms with E-state index in [0.717, 1.165) is 28.3 Å². The van der Waals surface area contributed by atoms with Crippen LogP contribution in [0.15, 0.2) is 60.8 Å². The van der Waals surface area contributed by atoms with Crippen molar-refractivity contribution < 1.29 is 24.2 Å². The average molecular weight is 390 g/mol. The zero-order valence-corrected chi connectivity index (χ0v) is 15.6. The van der Waals surface area contributed by atoms with Gasteiger partial charge in [-0.15, -0.1) is 0 Å². The van der Waals surface area contributed by atoms with Crippen LogP contribution in [0.5, 0.6) is 5.75 Å². The van der Waals surface area contributed by atoms with E-state index in [-0.39, 0.29) is 29.7 Å². The van der Waals surface area contributed by atoms with Crippen LogP contribution >= 0.6 is 0 Å². The minimum absolute atomic E-state index is 0.0723. The van der Waals surface area contributed by atoms with Gasteiger partial charge in [0.15, 0.2) is 11.6 Å². The second kappa shape index (κ2) is 7.63. The molecule has 29 heavy (non-hydrogen) atoms. The fourth-order valence-corrected chi connectivity index (χ4v) is 3.51. The number of hydrogen-bond acceptors (Lipinski definition) is 6. The molecule has 146 valence electrons. The number of carbonyl (C=O) groups is 2. The number of aromatic nitrogens is 1. The molecule has 1 aromatic heterocycles. The number of benzene rings is 2. The van der Waals surface area contributed by atoms with E-state index in [0.29, 0.717) is 0 Å². The highest BCUT2D eigenvalue weighted by Gasteiger charge is 2.29. The number of nitrogens with zero attached hydrogens (tertiary/aromatic N) is 1. The summed E-state index contributed by atoms with van der Waals surface area (Å²) in [6.45, 7) is 0.140. The largest absolute Gasteiger partial charge is 0.504 e. The zero-order valence-electron chi connectivity index (χ0n) is 15.6.